The van der Waals surface area contributed by atoms with Crippen molar-refractivity contribution in [1.29, 1.82) is 0 Å². The lowest BCUT2D eigenvalue weighted by molar-refractivity contribution is 0.415. The molecule has 1 aromatic carbocycles. The molecule has 0 bridgehead atoms. The van der Waals surface area contributed by atoms with E-state index < -0.39 is 0 Å². The summed E-state index contributed by atoms with van der Waals surface area (Å²) in [5.41, 5.74) is 2.03. The van der Waals surface area contributed by atoms with Crippen molar-refractivity contribution in [2.24, 2.45) is 4.99 Å². The van der Waals surface area contributed by atoms with Gasteiger partial charge in [-0.05, 0) is 43.7 Å². The van der Waals surface area contributed by atoms with Crippen LogP contribution in [0.3, 0.4) is 0 Å². The summed E-state index contributed by atoms with van der Waals surface area (Å²) in [6, 6.07) is 8.87. The number of nitrogens with zero attached hydrogens (tertiary/aromatic N) is 4. The molecule has 0 aliphatic heterocycles. The van der Waals surface area contributed by atoms with Gasteiger partial charge in [-0.25, -0.2) is 4.98 Å². The standard InChI is InChI=1S/C20H22N5O2P/c1-13(5-4-6-14(2)28)21-12-16-11-18(26)25-20(22-16)23-19(24-25)15-7-9-17(27-3)10-8-15/h4-5,7-11H,2,6,12,28H2,1,3H3,(H,22,23,24)/b5-4-,21-13?. The summed E-state index contributed by atoms with van der Waals surface area (Å²) in [6.07, 6.45) is 4.70. The van der Waals surface area contributed by atoms with Gasteiger partial charge in [0.15, 0.2) is 5.82 Å². The Kier molecular flexibility index (Phi) is 6.16. The summed E-state index contributed by atoms with van der Waals surface area (Å²) >= 11 is 0. The summed E-state index contributed by atoms with van der Waals surface area (Å²) in [4.78, 5) is 25.7. The summed E-state index contributed by atoms with van der Waals surface area (Å²) in [7, 11) is 4.18. The molecule has 144 valence electrons. The SMILES string of the molecule is C=C(P)C/C=C\C(C)=NCc1cc(=O)n2[nH]c(-c3ccc(OC)cc3)nc2n1. The van der Waals surface area contributed by atoms with Crippen LogP contribution in [0.5, 0.6) is 5.75 Å². The average molecular weight is 395 g/mol. The first kappa shape index (κ1) is 19.7. The molecular weight excluding hydrogens is 373 g/mol. The van der Waals surface area contributed by atoms with E-state index >= 15 is 0 Å². The van der Waals surface area contributed by atoms with E-state index in [-0.39, 0.29) is 5.56 Å². The lowest BCUT2D eigenvalue weighted by Gasteiger charge is -1.99. The van der Waals surface area contributed by atoms with Crippen molar-refractivity contribution < 1.29 is 4.74 Å². The summed E-state index contributed by atoms with van der Waals surface area (Å²) in [6.45, 7) is 6.05. The van der Waals surface area contributed by atoms with E-state index in [0.717, 1.165) is 28.8 Å². The second-order valence-corrected chi connectivity index (χ2v) is 7.06. The van der Waals surface area contributed by atoms with Crippen LogP contribution in [0.25, 0.3) is 17.2 Å². The smallest absolute Gasteiger partial charge is 0.274 e. The highest BCUT2D eigenvalue weighted by Gasteiger charge is 2.09. The number of aromatic nitrogens is 4. The van der Waals surface area contributed by atoms with Crippen LogP contribution in [-0.2, 0) is 6.54 Å². The zero-order valence-electron chi connectivity index (χ0n) is 15.8. The van der Waals surface area contributed by atoms with Gasteiger partial charge in [0.05, 0.1) is 19.3 Å². The molecule has 3 rings (SSSR count). The maximum Gasteiger partial charge on any atom is 0.274 e. The molecule has 1 unspecified atom stereocenters. The van der Waals surface area contributed by atoms with Gasteiger partial charge in [0.2, 0.25) is 0 Å². The number of aliphatic imine (C=N–C) groups is 1. The van der Waals surface area contributed by atoms with Crippen LogP contribution in [-0.4, -0.2) is 32.4 Å². The van der Waals surface area contributed by atoms with Crippen molar-refractivity contribution in [1.82, 2.24) is 19.6 Å². The molecule has 0 amide bonds. The second kappa shape index (κ2) is 8.76. The molecule has 0 saturated carbocycles. The molecule has 1 atom stereocenters. The number of allylic oxidation sites excluding steroid dienone is 3. The Morgan fingerprint density at radius 1 is 1.36 bits per heavy atom. The largest absolute Gasteiger partial charge is 0.497 e. The second-order valence-electron chi connectivity index (χ2n) is 6.24. The fraction of sp³-hybridized carbons (Fsp3) is 0.200. The van der Waals surface area contributed by atoms with Crippen molar-refractivity contribution in [2.75, 3.05) is 7.11 Å². The topological polar surface area (TPSA) is 84.6 Å². The van der Waals surface area contributed by atoms with Gasteiger partial charge in [0.1, 0.15) is 5.75 Å². The fourth-order valence-electron chi connectivity index (χ4n) is 2.53. The first-order valence-corrected chi connectivity index (χ1v) is 9.28. The van der Waals surface area contributed by atoms with Gasteiger partial charge in [0.25, 0.3) is 11.3 Å². The average Bonchev–Trinajstić information content (AvgIpc) is 3.11. The van der Waals surface area contributed by atoms with Gasteiger partial charge < -0.3 is 4.74 Å². The predicted molar refractivity (Wildman–Crippen MR) is 115 cm³/mol. The monoisotopic (exact) mass is 395 g/mol. The number of benzene rings is 1. The molecule has 0 saturated heterocycles. The number of H-pyrrole nitrogens is 1. The van der Waals surface area contributed by atoms with E-state index in [4.69, 9.17) is 4.74 Å². The Morgan fingerprint density at radius 2 is 2.11 bits per heavy atom. The first-order chi connectivity index (χ1) is 13.5. The molecular formula is C20H22N5O2P. The molecule has 0 aliphatic rings. The molecule has 3 aromatic rings. The molecule has 0 fully saturated rings. The highest BCUT2D eigenvalue weighted by molar-refractivity contribution is 7.22. The number of methoxy groups -OCH3 is 1. The van der Waals surface area contributed by atoms with Crippen molar-refractivity contribution in [3.63, 3.8) is 0 Å². The molecule has 2 aromatic heterocycles. The van der Waals surface area contributed by atoms with E-state index in [9.17, 15) is 4.79 Å². The number of fused-ring (bicyclic) bond motifs is 1. The van der Waals surface area contributed by atoms with E-state index in [0.29, 0.717) is 23.8 Å². The molecule has 8 heteroatoms. The summed E-state index contributed by atoms with van der Waals surface area (Å²) in [5.74, 6) is 1.63. The minimum absolute atomic E-state index is 0.227. The maximum atomic E-state index is 12.4. The third kappa shape index (κ3) is 4.81. The minimum atomic E-state index is -0.227. The summed E-state index contributed by atoms with van der Waals surface area (Å²) in [5, 5.41) is 3.99. The van der Waals surface area contributed by atoms with Crippen LogP contribution < -0.4 is 10.3 Å². The van der Waals surface area contributed by atoms with Crippen LogP contribution in [0.2, 0.25) is 0 Å². The summed E-state index contributed by atoms with van der Waals surface area (Å²) < 4.78 is 6.48. The van der Waals surface area contributed by atoms with E-state index in [1.54, 1.807) is 7.11 Å². The van der Waals surface area contributed by atoms with Crippen molar-refractivity contribution >= 4 is 20.7 Å². The number of nitrogens with one attached hydrogen (secondary N) is 1. The number of hydrogen-bond acceptors (Lipinski definition) is 5. The lowest BCUT2D eigenvalue weighted by Crippen LogP contribution is -2.15. The highest BCUT2D eigenvalue weighted by Crippen LogP contribution is 2.19. The number of rotatable bonds is 7. The van der Waals surface area contributed by atoms with Crippen LogP contribution >= 0.6 is 9.24 Å². The van der Waals surface area contributed by atoms with Crippen LogP contribution in [0.15, 0.2) is 64.2 Å². The Morgan fingerprint density at radius 3 is 2.79 bits per heavy atom. The number of aromatic amines is 1. The lowest BCUT2D eigenvalue weighted by atomic mass is 10.2. The van der Waals surface area contributed by atoms with E-state index in [2.05, 4.69) is 35.9 Å². The van der Waals surface area contributed by atoms with Crippen LogP contribution in [0.4, 0.5) is 0 Å². The Balaban J connectivity index is 1.83. The molecule has 1 N–H and O–H groups in total. The molecule has 0 radical (unpaired) electrons. The van der Waals surface area contributed by atoms with Gasteiger partial charge in [-0.3, -0.25) is 14.9 Å². The van der Waals surface area contributed by atoms with Crippen molar-refractivity contribution in [3.8, 4) is 17.1 Å². The quantitative estimate of drug-likeness (QED) is 0.491. The van der Waals surface area contributed by atoms with Crippen LogP contribution in [0.1, 0.15) is 19.0 Å². The van der Waals surface area contributed by atoms with Crippen molar-refractivity contribution in [3.05, 3.63) is 70.4 Å². The van der Waals surface area contributed by atoms with E-state index in [1.807, 2.05) is 43.3 Å². The van der Waals surface area contributed by atoms with Gasteiger partial charge >= 0.3 is 0 Å². The first-order valence-electron chi connectivity index (χ1n) is 8.70. The molecule has 0 spiro atoms. The van der Waals surface area contributed by atoms with Gasteiger partial charge in [0, 0.05) is 17.3 Å². The third-order valence-electron chi connectivity index (χ3n) is 3.98. The van der Waals surface area contributed by atoms with Gasteiger partial charge in [-0.1, -0.05) is 18.0 Å². The van der Waals surface area contributed by atoms with Gasteiger partial charge in [-0.15, -0.1) is 9.24 Å². The Hall–Kier alpha value is -3.05. The van der Waals surface area contributed by atoms with Gasteiger partial charge in [-0.2, -0.15) is 9.50 Å². The van der Waals surface area contributed by atoms with E-state index in [1.165, 1.54) is 10.6 Å². The normalized spacial score (nSPS) is 12.0. The molecule has 0 aliphatic carbocycles. The number of hydrogen-bond donors (Lipinski definition) is 1. The maximum absolute atomic E-state index is 12.4. The number of ether oxygens (including phenoxy) is 1. The fourth-order valence-corrected chi connectivity index (χ4v) is 2.66. The Bertz CT molecular complexity index is 1110. The zero-order chi connectivity index (χ0) is 20.1. The van der Waals surface area contributed by atoms with Crippen LogP contribution in [0, 0.1) is 0 Å². The zero-order valence-corrected chi connectivity index (χ0v) is 17.0. The minimum Gasteiger partial charge on any atom is -0.497 e. The predicted octanol–water partition coefficient (Wildman–Crippen LogP) is 3.39. The highest BCUT2D eigenvalue weighted by atomic mass is 31.0. The molecule has 7 nitrogen and oxygen atoms in total. The molecule has 28 heavy (non-hydrogen) atoms. The molecule has 2 heterocycles. The Labute approximate surface area is 165 Å². The van der Waals surface area contributed by atoms with Crippen molar-refractivity contribution in [2.45, 2.75) is 19.9 Å². The third-order valence-corrected chi connectivity index (χ3v) is 4.21.